The molecule has 0 saturated carbocycles. The molecule has 1 N–H and O–H groups in total. The van der Waals surface area contributed by atoms with Gasteiger partial charge in [0.25, 0.3) is 0 Å². The van der Waals surface area contributed by atoms with Crippen LogP contribution in [-0.2, 0) is 6.54 Å². The monoisotopic (exact) mass is 359 g/mol. The van der Waals surface area contributed by atoms with E-state index >= 15 is 0 Å². The van der Waals surface area contributed by atoms with Gasteiger partial charge >= 0.3 is 0 Å². The first-order valence-electron chi connectivity index (χ1n) is 8.32. The fourth-order valence-electron chi connectivity index (χ4n) is 4.07. The first kappa shape index (κ1) is 16.5. The second kappa shape index (κ2) is 6.11. The highest BCUT2D eigenvalue weighted by Crippen LogP contribution is 2.58. The maximum atomic E-state index is 13.3. The SMILES string of the molecule is COc1cc(OC)cc([C@H]2SC[C@@H](O)[C@@]23CCn2cccc2C3=O)c1. The number of ether oxygens (including phenoxy) is 2. The van der Waals surface area contributed by atoms with Gasteiger partial charge in [-0.15, -0.1) is 11.8 Å². The van der Waals surface area contributed by atoms with Gasteiger partial charge in [0, 0.05) is 29.8 Å². The molecule has 2 aromatic rings. The summed E-state index contributed by atoms with van der Waals surface area (Å²) in [6.45, 7) is 0.739. The van der Waals surface area contributed by atoms with Gasteiger partial charge in [-0.2, -0.15) is 0 Å². The molecule has 1 saturated heterocycles. The Kier molecular flexibility index (Phi) is 4.04. The Balaban J connectivity index is 1.82. The number of carbonyl (C=O) groups is 1. The van der Waals surface area contributed by atoms with Crippen LogP contribution in [0.2, 0.25) is 0 Å². The molecular weight excluding hydrogens is 338 g/mol. The van der Waals surface area contributed by atoms with E-state index in [0.717, 1.165) is 12.1 Å². The molecule has 0 bridgehead atoms. The number of rotatable bonds is 3. The van der Waals surface area contributed by atoms with Crippen molar-refractivity contribution in [3.63, 3.8) is 0 Å². The summed E-state index contributed by atoms with van der Waals surface area (Å²) in [5.41, 5.74) is 0.856. The summed E-state index contributed by atoms with van der Waals surface area (Å²) in [4.78, 5) is 13.3. The number of aliphatic hydroxyl groups is 1. The van der Waals surface area contributed by atoms with E-state index in [1.54, 1.807) is 26.0 Å². The van der Waals surface area contributed by atoms with E-state index in [9.17, 15) is 9.90 Å². The van der Waals surface area contributed by atoms with Crippen LogP contribution in [-0.4, -0.2) is 41.5 Å². The number of aryl methyl sites for hydroxylation is 1. The minimum Gasteiger partial charge on any atom is -0.497 e. The van der Waals surface area contributed by atoms with Crippen LogP contribution >= 0.6 is 11.8 Å². The van der Waals surface area contributed by atoms with Gasteiger partial charge in [-0.1, -0.05) is 0 Å². The van der Waals surface area contributed by atoms with Gasteiger partial charge in [-0.05, 0) is 36.2 Å². The topological polar surface area (TPSA) is 60.7 Å². The smallest absolute Gasteiger partial charge is 0.189 e. The zero-order valence-corrected chi connectivity index (χ0v) is 15.1. The number of aromatic nitrogens is 1. The molecule has 2 aliphatic heterocycles. The quantitative estimate of drug-likeness (QED) is 0.913. The number of carbonyl (C=O) groups excluding carboxylic acids is 1. The molecule has 0 unspecified atom stereocenters. The van der Waals surface area contributed by atoms with Crippen molar-refractivity contribution in [2.24, 2.45) is 5.41 Å². The van der Waals surface area contributed by atoms with Crippen molar-refractivity contribution >= 4 is 17.5 Å². The average Bonchev–Trinajstić information content (AvgIpc) is 3.24. The minimum absolute atomic E-state index is 0.0352. The van der Waals surface area contributed by atoms with Crippen LogP contribution in [0.1, 0.15) is 27.7 Å². The van der Waals surface area contributed by atoms with Crippen LogP contribution in [0.15, 0.2) is 36.5 Å². The van der Waals surface area contributed by atoms with E-state index in [2.05, 4.69) is 0 Å². The van der Waals surface area contributed by atoms with Crippen molar-refractivity contribution in [3.8, 4) is 11.5 Å². The number of thioether (sulfide) groups is 1. The standard InChI is InChI=1S/C19H21NO4S/c1-23-13-8-12(9-14(10-13)24-2)18-19(16(21)11-25-18)5-7-20-6-3-4-15(20)17(19)22/h3-4,6,8-10,16,18,21H,5,7,11H2,1-2H3/t16-,18-,19-/m1/s1. The summed E-state index contributed by atoms with van der Waals surface area (Å²) >= 11 is 1.64. The summed E-state index contributed by atoms with van der Waals surface area (Å²) in [5, 5.41) is 10.7. The van der Waals surface area contributed by atoms with E-state index in [4.69, 9.17) is 9.47 Å². The predicted octanol–water partition coefficient (Wildman–Crippen LogP) is 2.93. The maximum absolute atomic E-state index is 13.3. The third-order valence-corrected chi connectivity index (χ3v) is 6.95. The number of benzene rings is 1. The Morgan fingerprint density at radius 1 is 1.24 bits per heavy atom. The van der Waals surface area contributed by atoms with Crippen molar-refractivity contribution < 1.29 is 19.4 Å². The molecule has 1 spiro atoms. The lowest BCUT2D eigenvalue weighted by Gasteiger charge is -2.39. The Morgan fingerprint density at radius 3 is 2.64 bits per heavy atom. The molecule has 2 aliphatic rings. The molecule has 132 valence electrons. The Labute approximate surface area is 150 Å². The van der Waals surface area contributed by atoms with Gasteiger partial charge in [0.1, 0.15) is 11.5 Å². The van der Waals surface area contributed by atoms with Crippen LogP contribution < -0.4 is 9.47 Å². The summed E-state index contributed by atoms with van der Waals surface area (Å²) in [6.07, 6.45) is 1.90. The molecule has 1 aromatic carbocycles. The number of fused-ring (bicyclic) bond motifs is 1. The maximum Gasteiger partial charge on any atom is 0.189 e. The molecule has 6 heteroatoms. The van der Waals surface area contributed by atoms with E-state index < -0.39 is 11.5 Å². The van der Waals surface area contributed by atoms with Gasteiger partial charge in [-0.3, -0.25) is 4.79 Å². The van der Waals surface area contributed by atoms with E-state index in [1.165, 1.54) is 0 Å². The number of nitrogens with zero attached hydrogens (tertiary/aromatic N) is 1. The van der Waals surface area contributed by atoms with Crippen LogP contribution in [0.4, 0.5) is 0 Å². The Morgan fingerprint density at radius 2 is 1.96 bits per heavy atom. The normalized spacial score (nSPS) is 28.2. The number of hydrogen-bond donors (Lipinski definition) is 1. The molecule has 1 fully saturated rings. The van der Waals surface area contributed by atoms with Crippen molar-refractivity contribution in [2.75, 3.05) is 20.0 Å². The lowest BCUT2D eigenvalue weighted by molar-refractivity contribution is 0.0272. The fraction of sp³-hybridized carbons (Fsp3) is 0.421. The second-order valence-corrected chi connectivity index (χ2v) is 7.72. The summed E-state index contributed by atoms with van der Waals surface area (Å²) < 4.78 is 12.8. The molecule has 25 heavy (non-hydrogen) atoms. The first-order chi connectivity index (χ1) is 12.1. The third kappa shape index (κ3) is 2.39. The molecular formula is C19H21NO4S. The molecule has 4 rings (SSSR count). The number of ketones is 1. The van der Waals surface area contributed by atoms with Gasteiger partial charge < -0.3 is 19.1 Å². The van der Waals surface area contributed by atoms with E-state index in [-0.39, 0.29) is 11.0 Å². The van der Waals surface area contributed by atoms with Gasteiger partial charge in [0.15, 0.2) is 5.78 Å². The zero-order valence-electron chi connectivity index (χ0n) is 14.3. The summed E-state index contributed by atoms with van der Waals surface area (Å²) in [6, 6.07) is 9.45. The molecule has 3 heterocycles. The van der Waals surface area contributed by atoms with Crippen LogP contribution in [0.3, 0.4) is 0 Å². The van der Waals surface area contributed by atoms with Crippen molar-refractivity contribution in [2.45, 2.75) is 24.3 Å². The molecule has 5 nitrogen and oxygen atoms in total. The lowest BCUT2D eigenvalue weighted by Crippen LogP contribution is -2.47. The molecule has 0 amide bonds. The molecule has 1 aromatic heterocycles. The van der Waals surface area contributed by atoms with Crippen molar-refractivity contribution in [1.29, 1.82) is 0 Å². The highest BCUT2D eigenvalue weighted by molar-refractivity contribution is 7.99. The van der Waals surface area contributed by atoms with Gasteiger partial charge in [0.2, 0.25) is 0 Å². The molecule has 0 aliphatic carbocycles. The van der Waals surface area contributed by atoms with E-state index in [0.29, 0.717) is 29.4 Å². The first-order valence-corrected chi connectivity index (χ1v) is 9.37. The number of Topliss-reactive ketones (excluding diaryl/α,β-unsaturated/α-hetero) is 1. The Hall–Kier alpha value is -1.92. The second-order valence-electron chi connectivity index (χ2n) is 6.58. The lowest BCUT2D eigenvalue weighted by atomic mass is 9.68. The summed E-state index contributed by atoms with van der Waals surface area (Å²) in [5.74, 6) is 1.97. The van der Waals surface area contributed by atoms with E-state index in [1.807, 2.05) is 41.1 Å². The minimum atomic E-state index is -0.795. The summed E-state index contributed by atoms with van der Waals surface area (Å²) in [7, 11) is 3.23. The van der Waals surface area contributed by atoms with Crippen molar-refractivity contribution in [1.82, 2.24) is 4.57 Å². The average molecular weight is 359 g/mol. The highest BCUT2D eigenvalue weighted by Gasteiger charge is 2.58. The van der Waals surface area contributed by atoms with Crippen LogP contribution in [0, 0.1) is 5.41 Å². The van der Waals surface area contributed by atoms with Gasteiger partial charge in [0.05, 0.1) is 31.4 Å². The fourth-order valence-corrected chi connectivity index (χ4v) is 5.75. The molecule has 3 atom stereocenters. The molecule has 0 radical (unpaired) electrons. The number of aliphatic hydroxyl groups excluding tert-OH is 1. The third-order valence-electron chi connectivity index (χ3n) is 5.41. The number of methoxy groups -OCH3 is 2. The van der Waals surface area contributed by atoms with Crippen LogP contribution in [0.25, 0.3) is 0 Å². The number of hydrogen-bond acceptors (Lipinski definition) is 5. The van der Waals surface area contributed by atoms with Crippen LogP contribution in [0.5, 0.6) is 11.5 Å². The Bertz CT molecular complexity index is 795. The largest absolute Gasteiger partial charge is 0.497 e. The predicted molar refractivity (Wildman–Crippen MR) is 96.6 cm³/mol. The highest BCUT2D eigenvalue weighted by atomic mass is 32.2. The zero-order chi connectivity index (χ0) is 17.6. The van der Waals surface area contributed by atoms with Crippen molar-refractivity contribution in [3.05, 3.63) is 47.8 Å². The van der Waals surface area contributed by atoms with Gasteiger partial charge in [-0.25, -0.2) is 0 Å².